The van der Waals surface area contributed by atoms with Crippen LogP contribution in [0.1, 0.15) is 52.9 Å². The van der Waals surface area contributed by atoms with Crippen LogP contribution in [0.15, 0.2) is 0 Å². The van der Waals surface area contributed by atoms with Gasteiger partial charge in [-0.15, -0.1) is 0 Å². The smallest absolute Gasteiger partial charge is 0.304 e. The molecule has 0 aliphatic carbocycles. The average Bonchev–Trinajstić information content (AvgIpc) is 2.51. The lowest BCUT2D eigenvalue weighted by Crippen LogP contribution is -2.37. The van der Waals surface area contributed by atoms with Crippen molar-refractivity contribution in [2.45, 2.75) is 58.9 Å². The Bertz CT molecular complexity index is 240. The van der Waals surface area contributed by atoms with Gasteiger partial charge < -0.3 is 5.11 Å². The topological polar surface area (TPSA) is 40.5 Å². The van der Waals surface area contributed by atoms with Gasteiger partial charge in [0.25, 0.3) is 0 Å². The summed E-state index contributed by atoms with van der Waals surface area (Å²) in [4.78, 5) is 13.2. The Morgan fingerprint density at radius 2 is 2.06 bits per heavy atom. The summed E-state index contributed by atoms with van der Waals surface area (Å²) >= 11 is 0. The third-order valence-corrected chi connectivity index (χ3v) is 4.15. The molecule has 3 nitrogen and oxygen atoms in total. The number of nitrogens with zero attached hydrogens (tertiary/aromatic N) is 1. The Balaban J connectivity index is 2.51. The lowest BCUT2D eigenvalue weighted by molar-refractivity contribution is -0.138. The quantitative estimate of drug-likeness (QED) is 0.804. The van der Waals surface area contributed by atoms with Crippen LogP contribution in [0.5, 0.6) is 0 Å². The summed E-state index contributed by atoms with van der Waals surface area (Å²) in [5.41, 5.74) is 0. The molecule has 1 rings (SSSR count). The first kappa shape index (κ1) is 14.5. The monoisotopic (exact) mass is 241 g/mol. The molecule has 1 saturated heterocycles. The van der Waals surface area contributed by atoms with E-state index >= 15 is 0 Å². The number of aliphatic carboxylic acids is 1. The number of carbonyl (C=O) groups is 1. The van der Waals surface area contributed by atoms with Gasteiger partial charge in [0.15, 0.2) is 0 Å². The minimum atomic E-state index is -0.665. The zero-order valence-corrected chi connectivity index (χ0v) is 11.5. The van der Waals surface area contributed by atoms with E-state index < -0.39 is 5.97 Å². The van der Waals surface area contributed by atoms with Crippen LogP contribution in [0.2, 0.25) is 0 Å². The predicted octanol–water partition coefficient (Wildman–Crippen LogP) is 3.00. The maximum atomic E-state index is 10.8. The molecule has 1 aliphatic rings. The molecule has 1 heterocycles. The average molecular weight is 241 g/mol. The lowest BCUT2D eigenvalue weighted by Gasteiger charge is -2.29. The molecule has 0 amide bonds. The van der Waals surface area contributed by atoms with Gasteiger partial charge in [-0.3, -0.25) is 9.69 Å². The Morgan fingerprint density at radius 1 is 1.35 bits per heavy atom. The second kappa shape index (κ2) is 7.00. The Labute approximate surface area is 105 Å². The van der Waals surface area contributed by atoms with E-state index in [1.807, 2.05) is 0 Å². The number of likely N-dealkylation sites (tertiary alicyclic amines) is 1. The fourth-order valence-corrected chi connectivity index (χ4v) is 2.91. The molecule has 1 N–H and O–H groups in total. The first-order valence-corrected chi connectivity index (χ1v) is 7.00. The van der Waals surface area contributed by atoms with Crippen molar-refractivity contribution < 1.29 is 9.90 Å². The minimum Gasteiger partial charge on any atom is -0.481 e. The van der Waals surface area contributed by atoms with E-state index in [4.69, 9.17) is 5.11 Å². The molecule has 1 aliphatic heterocycles. The van der Waals surface area contributed by atoms with E-state index in [9.17, 15) is 4.79 Å². The molecule has 17 heavy (non-hydrogen) atoms. The number of carboxylic acid groups (broad SMARTS) is 1. The van der Waals surface area contributed by atoms with Gasteiger partial charge in [0, 0.05) is 6.04 Å². The highest BCUT2D eigenvalue weighted by atomic mass is 16.4. The summed E-state index contributed by atoms with van der Waals surface area (Å²) in [5, 5.41) is 8.93. The zero-order valence-electron chi connectivity index (χ0n) is 11.5. The van der Waals surface area contributed by atoms with Gasteiger partial charge in [-0.05, 0) is 50.6 Å². The molecule has 3 heteroatoms. The summed E-state index contributed by atoms with van der Waals surface area (Å²) in [5.74, 6) is 0.915. The van der Waals surface area contributed by atoms with Crippen LogP contribution in [0.3, 0.4) is 0 Å². The molecule has 1 fully saturated rings. The first-order chi connectivity index (χ1) is 8.04. The van der Waals surface area contributed by atoms with Crippen molar-refractivity contribution in [3.05, 3.63) is 0 Å². The van der Waals surface area contributed by atoms with E-state index in [0.29, 0.717) is 6.42 Å². The molecule has 0 radical (unpaired) electrons. The SMILES string of the molecule is CCC(CC(=O)O)N1CCCC(C(C)C)CC1. The largest absolute Gasteiger partial charge is 0.481 e. The summed E-state index contributed by atoms with van der Waals surface area (Å²) in [6.07, 6.45) is 4.99. The van der Waals surface area contributed by atoms with E-state index in [2.05, 4.69) is 25.7 Å². The summed E-state index contributed by atoms with van der Waals surface area (Å²) in [7, 11) is 0. The van der Waals surface area contributed by atoms with Crippen LogP contribution in [-0.4, -0.2) is 35.1 Å². The van der Waals surface area contributed by atoms with E-state index in [1.165, 1.54) is 19.3 Å². The third-order valence-electron chi connectivity index (χ3n) is 4.15. The minimum absolute atomic E-state index is 0.235. The predicted molar refractivity (Wildman–Crippen MR) is 70.1 cm³/mol. The van der Waals surface area contributed by atoms with Gasteiger partial charge in [-0.25, -0.2) is 0 Å². The molecule has 0 aromatic carbocycles. The van der Waals surface area contributed by atoms with Crippen LogP contribution in [0, 0.1) is 11.8 Å². The van der Waals surface area contributed by atoms with E-state index in [1.54, 1.807) is 0 Å². The maximum absolute atomic E-state index is 10.8. The molecule has 0 bridgehead atoms. The highest BCUT2D eigenvalue weighted by Gasteiger charge is 2.24. The van der Waals surface area contributed by atoms with Gasteiger partial charge in [-0.1, -0.05) is 20.8 Å². The highest BCUT2D eigenvalue weighted by Crippen LogP contribution is 2.26. The van der Waals surface area contributed by atoms with Crippen molar-refractivity contribution in [3.8, 4) is 0 Å². The number of carboxylic acids is 1. The molecule has 0 spiro atoms. The lowest BCUT2D eigenvalue weighted by atomic mass is 9.89. The van der Waals surface area contributed by atoms with Crippen molar-refractivity contribution in [3.63, 3.8) is 0 Å². The van der Waals surface area contributed by atoms with Gasteiger partial charge in [0.2, 0.25) is 0 Å². The number of hydrogen-bond acceptors (Lipinski definition) is 2. The summed E-state index contributed by atoms with van der Waals surface area (Å²) < 4.78 is 0. The van der Waals surface area contributed by atoms with Gasteiger partial charge >= 0.3 is 5.97 Å². The van der Waals surface area contributed by atoms with Crippen molar-refractivity contribution in [1.82, 2.24) is 4.90 Å². The summed E-state index contributed by atoms with van der Waals surface area (Å²) in [6.45, 7) is 8.85. The standard InChI is InChI=1S/C14H27NO2/c1-4-13(10-14(16)17)15-8-5-6-12(7-9-15)11(2)3/h11-13H,4-10H2,1-3H3,(H,16,17). The van der Waals surface area contributed by atoms with Gasteiger partial charge in [0.1, 0.15) is 0 Å². The maximum Gasteiger partial charge on any atom is 0.304 e. The molecular weight excluding hydrogens is 214 g/mol. The molecule has 0 saturated carbocycles. The van der Waals surface area contributed by atoms with Crippen LogP contribution < -0.4 is 0 Å². The van der Waals surface area contributed by atoms with Crippen molar-refractivity contribution in [1.29, 1.82) is 0 Å². The van der Waals surface area contributed by atoms with Crippen LogP contribution in [0.25, 0.3) is 0 Å². The van der Waals surface area contributed by atoms with Gasteiger partial charge in [-0.2, -0.15) is 0 Å². The van der Waals surface area contributed by atoms with Crippen LogP contribution >= 0.6 is 0 Å². The first-order valence-electron chi connectivity index (χ1n) is 7.00. The number of hydrogen-bond donors (Lipinski definition) is 1. The van der Waals surface area contributed by atoms with Crippen LogP contribution in [-0.2, 0) is 4.79 Å². The normalized spacial score (nSPS) is 24.6. The molecule has 0 aromatic heterocycles. The molecule has 100 valence electrons. The molecule has 2 unspecified atom stereocenters. The molecular formula is C14H27NO2. The van der Waals surface area contributed by atoms with Crippen molar-refractivity contribution in [2.24, 2.45) is 11.8 Å². The fraction of sp³-hybridized carbons (Fsp3) is 0.929. The van der Waals surface area contributed by atoms with Crippen molar-refractivity contribution >= 4 is 5.97 Å². The third kappa shape index (κ3) is 4.66. The zero-order chi connectivity index (χ0) is 12.8. The Morgan fingerprint density at radius 3 is 2.59 bits per heavy atom. The molecule has 0 aromatic rings. The van der Waals surface area contributed by atoms with Gasteiger partial charge in [0.05, 0.1) is 6.42 Å². The second-order valence-electron chi connectivity index (χ2n) is 5.63. The van der Waals surface area contributed by atoms with E-state index in [-0.39, 0.29) is 6.04 Å². The fourth-order valence-electron chi connectivity index (χ4n) is 2.91. The van der Waals surface area contributed by atoms with Crippen LogP contribution in [0.4, 0.5) is 0 Å². The summed E-state index contributed by atoms with van der Waals surface area (Å²) in [6, 6.07) is 0.235. The molecule has 2 atom stereocenters. The van der Waals surface area contributed by atoms with Crippen molar-refractivity contribution in [2.75, 3.05) is 13.1 Å². The number of rotatable bonds is 5. The second-order valence-corrected chi connectivity index (χ2v) is 5.63. The Kier molecular flexibility index (Phi) is 5.96. The Hall–Kier alpha value is -0.570. The highest BCUT2D eigenvalue weighted by molar-refractivity contribution is 5.67. The van der Waals surface area contributed by atoms with E-state index in [0.717, 1.165) is 31.3 Å².